The van der Waals surface area contributed by atoms with Crippen LogP contribution in [0, 0.1) is 0 Å². The predicted octanol–water partition coefficient (Wildman–Crippen LogP) is 3.39. The summed E-state index contributed by atoms with van der Waals surface area (Å²) in [5, 5.41) is 0.853. The molecule has 0 fully saturated rings. The number of carbonyl (C=O) groups excluding carboxylic acids is 1. The Balaban J connectivity index is 1.94. The van der Waals surface area contributed by atoms with E-state index in [1.165, 1.54) is 4.88 Å². The van der Waals surface area contributed by atoms with E-state index in [1.807, 2.05) is 19.1 Å². The minimum atomic E-state index is -0.205. The lowest BCUT2D eigenvalue weighted by Gasteiger charge is -2.19. The molecule has 0 amide bonds. The number of thiazole rings is 1. The van der Waals surface area contributed by atoms with Crippen LogP contribution in [0.25, 0.3) is 10.8 Å². The van der Waals surface area contributed by atoms with Gasteiger partial charge in [-0.2, -0.15) is 0 Å². The van der Waals surface area contributed by atoms with Gasteiger partial charge in [0.1, 0.15) is 5.92 Å². The summed E-state index contributed by atoms with van der Waals surface area (Å²) in [4.78, 5) is 17.8. The standard InChI is InChI=1S/C14H15NO3S/c1-2-17-14(16)9-5-3-7-11-12(9)15-13(19-11)10-6-4-8-18-10/h4,6,8-9H,2-3,5,7H2,1H3. The van der Waals surface area contributed by atoms with Crippen LogP contribution < -0.4 is 0 Å². The fraction of sp³-hybridized carbons (Fsp3) is 0.429. The average molecular weight is 277 g/mol. The van der Waals surface area contributed by atoms with Gasteiger partial charge in [0.05, 0.1) is 18.6 Å². The fourth-order valence-corrected chi connectivity index (χ4v) is 3.53. The summed E-state index contributed by atoms with van der Waals surface area (Å²) in [6, 6.07) is 3.74. The molecule has 0 spiro atoms. The first-order chi connectivity index (χ1) is 9.29. The van der Waals surface area contributed by atoms with Crippen molar-refractivity contribution in [2.24, 2.45) is 0 Å². The molecule has 2 aromatic heterocycles. The van der Waals surface area contributed by atoms with Gasteiger partial charge in [-0.05, 0) is 38.3 Å². The molecule has 3 rings (SSSR count). The fourth-order valence-electron chi connectivity index (χ4n) is 2.40. The number of esters is 1. The van der Waals surface area contributed by atoms with E-state index >= 15 is 0 Å². The lowest BCUT2D eigenvalue weighted by atomic mass is 9.91. The minimum absolute atomic E-state index is 0.153. The molecule has 2 aromatic rings. The van der Waals surface area contributed by atoms with Crippen LogP contribution in [0.1, 0.15) is 36.3 Å². The van der Waals surface area contributed by atoms with Gasteiger partial charge in [0.15, 0.2) is 10.8 Å². The number of hydrogen-bond acceptors (Lipinski definition) is 5. The summed E-state index contributed by atoms with van der Waals surface area (Å²) in [7, 11) is 0. The zero-order valence-corrected chi connectivity index (χ0v) is 11.5. The molecule has 0 saturated heterocycles. The lowest BCUT2D eigenvalue weighted by molar-refractivity contribution is -0.145. The van der Waals surface area contributed by atoms with Crippen molar-refractivity contribution in [3.63, 3.8) is 0 Å². The number of furan rings is 1. The van der Waals surface area contributed by atoms with Crippen molar-refractivity contribution in [2.75, 3.05) is 6.61 Å². The first kappa shape index (κ1) is 12.4. The van der Waals surface area contributed by atoms with E-state index in [0.29, 0.717) is 6.61 Å². The summed E-state index contributed by atoms with van der Waals surface area (Å²) in [6.07, 6.45) is 4.46. The Morgan fingerprint density at radius 1 is 1.63 bits per heavy atom. The smallest absolute Gasteiger partial charge is 0.315 e. The van der Waals surface area contributed by atoms with Crippen molar-refractivity contribution in [3.8, 4) is 10.8 Å². The molecule has 0 bridgehead atoms. The van der Waals surface area contributed by atoms with Gasteiger partial charge in [-0.15, -0.1) is 11.3 Å². The van der Waals surface area contributed by atoms with Crippen LogP contribution >= 0.6 is 11.3 Å². The first-order valence-corrected chi connectivity index (χ1v) is 7.31. The molecule has 1 atom stereocenters. The summed E-state index contributed by atoms with van der Waals surface area (Å²) in [6.45, 7) is 2.25. The maximum absolute atomic E-state index is 12.0. The molecule has 19 heavy (non-hydrogen) atoms. The molecule has 1 unspecified atom stereocenters. The van der Waals surface area contributed by atoms with E-state index in [2.05, 4.69) is 4.98 Å². The van der Waals surface area contributed by atoms with E-state index in [-0.39, 0.29) is 11.9 Å². The van der Waals surface area contributed by atoms with Crippen molar-refractivity contribution < 1.29 is 13.9 Å². The van der Waals surface area contributed by atoms with Crippen molar-refractivity contribution in [1.29, 1.82) is 0 Å². The first-order valence-electron chi connectivity index (χ1n) is 6.49. The average Bonchev–Trinajstić information content (AvgIpc) is 3.06. The summed E-state index contributed by atoms with van der Waals surface area (Å²) in [5.74, 6) is 0.408. The van der Waals surface area contributed by atoms with Crippen LogP contribution in [0.4, 0.5) is 0 Å². The topological polar surface area (TPSA) is 52.3 Å². The van der Waals surface area contributed by atoms with Gasteiger partial charge in [-0.3, -0.25) is 4.79 Å². The number of nitrogens with zero attached hydrogens (tertiary/aromatic N) is 1. The van der Waals surface area contributed by atoms with Crippen molar-refractivity contribution >= 4 is 17.3 Å². The quantitative estimate of drug-likeness (QED) is 0.807. The van der Waals surface area contributed by atoms with E-state index in [9.17, 15) is 4.79 Å². The second-order valence-corrected chi connectivity index (χ2v) is 5.59. The van der Waals surface area contributed by atoms with Crippen molar-refractivity contribution in [1.82, 2.24) is 4.98 Å². The van der Waals surface area contributed by atoms with Gasteiger partial charge in [0, 0.05) is 4.88 Å². The summed E-state index contributed by atoms with van der Waals surface area (Å²) in [5.41, 5.74) is 0.890. The van der Waals surface area contributed by atoms with E-state index in [0.717, 1.165) is 35.7 Å². The molecule has 1 aliphatic rings. The number of rotatable bonds is 3. The maximum Gasteiger partial charge on any atom is 0.315 e. The molecule has 1 aliphatic carbocycles. The van der Waals surface area contributed by atoms with Gasteiger partial charge >= 0.3 is 5.97 Å². The molecular formula is C14H15NO3S. The molecule has 100 valence electrons. The van der Waals surface area contributed by atoms with Crippen molar-refractivity contribution in [3.05, 3.63) is 29.0 Å². The van der Waals surface area contributed by atoms with Crippen LogP contribution in [0.3, 0.4) is 0 Å². The molecule has 0 aliphatic heterocycles. The van der Waals surface area contributed by atoms with Gasteiger partial charge < -0.3 is 9.15 Å². The van der Waals surface area contributed by atoms with Crippen LogP contribution in [0.5, 0.6) is 0 Å². The Morgan fingerprint density at radius 2 is 2.53 bits per heavy atom. The molecule has 2 heterocycles. The Bertz CT molecular complexity index is 574. The van der Waals surface area contributed by atoms with E-state index in [1.54, 1.807) is 17.6 Å². The highest BCUT2D eigenvalue weighted by Gasteiger charge is 2.31. The number of carbonyl (C=O) groups is 1. The third kappa shape index (κ3) is 2.30. The SMILES string of the molecule is CCOC(=O)C1CCCc2sc(-c3ccco3)nc21. The van der Waals surface area contributed by atoms with Crippen LogP contribution in [-0.2, 0) is 16.0 Å². The summed E-state index contributed by atoms with van der Waals surface area (Å²) >= 11 is 1.62. The summed E-state index contributed by atoms with van der Waals surface area (Å²) < 4.78 is 10.5. The number of fused-ring (bicyclic) bond motifs is 1. The molecule has 0 N–H and O–H groups in total. The third-order valence-corrected chi connectivity index (χ3v) is 4.40. The second kappa shape index (κ2) is 5.17. The zero-order chi connectivity index (χ0) is 13.2. The monoisotopic (exact) mass is 277 g/mol. The highest BCUT2D eigenvalue weighted by Crippen LogP contribution is 2.38. The number of aryl methyl sites for hydroxylation is 1. The Kier molecular flexibility index (Phi) is 3.38. The Labute approximate surface area is 115 Å². The number of ether oxygens (including phenoxy) is 1. The van der Waals surface area contributed by atoms with E-state index < -0.39 is 0 Å². The highest BCUT2D eigenvalue weighted by molar-refractivity contribution is 7.15. The molecule has 5 heteroatoms. The highest BCUT2D eigenvalue weighted by atomic mass is 32.1. The minimum Gasteiger partial charge on any atom is -0.465 e. The van der Waals surface area contributed by atoms with Crippen LogP contribution in [0.2, 0.25) is 0 Å². The molecule has 0 aromatic carbocycles. The van der Waals surface area contributed by atoms with Gasteiger partial charge in [-0.1, -0.05) is 0 Å². The van der Waals surface area contributed by atoms with Crippen molar-refractivity contribution in [2.45, 2.75) is 32.1 Å². The largest absolute Gasteiger partial charge is 0.465 e. The number of aromatic nitrogens is 1. The normalized spacial score (nSPS) is 18.1. The van der Waals surface area contributed by atoms with Crippen LogP contribution in [0.15, 0.2) is 22.8 Å². The lowest BCUT2D eigenvalue weighted by Crippen LogP contribution is -2.20. The number of hydrogen-bond donors (Lipinski definition) is 0. The molecule has 0 radical (unpaired) electrons. The second-order valence-electron chi connectivity index (χ2n) is 4.50. The van der Waals surface area contributed by atoms with Gasteiger partial charge in [0.2, 0.25) is 0 Å². The van der Waals surface area contributed by atoms with Crippen LogP contribution in [-0.4, -0.2) is 17.6 Å². The third-order valence-electron chi connectivity index (χ3n) is 3.26. The molecule has 4 nitrogen and oxygen atoms in total. The van der Waals surface area contributed by atoms with E-state index in [4.69, 9.17) is 9.15 Å². The predicted molar refractivity (Wildman–Crippen MR) is 72.1 cm³/mol. The Hall–Kier alpha value is -1.62. The van der Waals surface area contributed by atoms with Gasteiger partial charge in [0.25, 0.3) is 0 Å². The maximum atomic E-state index is 12.0. The molecular weight excluding hydrogens is 262 g/mol. The van der Waals surface area contributed by atoms with Gasteiger partial charge in [-0.25, -0.2) is 4.98 Å². The zero-order valence-electron chi connectivity index (χ0n) is 10.7. The Morgan fingerprint density at radius 3 is 3.26 bits per heavy atom. The molecule has 0 saturated carbocycles.